The molecule has 1 amide bonds. The third-order valence-electron chi connectivity index (χ3n) is 4.84. The number of nitrogens with one attached hydrogen (secondary N) is 1. The van der Waals surface area contributed by atoms with Gasteiger partial charge in [-0.25, -0.2) is 8.42 Å². The molecule has 0 aromatic heterocycles. The standard InChI is InChI=1S/C24H34N2O5S/c1-7-30-20-14-12-19(13-15-20)26(32(6,28)29)18(2)23(27)25-16-17-31-22-11-9-8-10-21(22)24(3,4)5/h8-15,18H,7,16-17H2,1-6H3,(H,25,27). The van der Waals surface area contributed by atoms with Crippen molar-refractivity contribution in [2.24, 2.45) is 0 Å². The number of carbonyl (C=O) groups excluding carboxylic acids is 1. The molecule has 176 valence electrons. The molecule has 1 atom stereocenters. The summed E-state index contributed by atoms with van der Waals surface area (Å²) in [4.78, 5) is 12.7. The number of anilines is 1. The summed E-state index contributed by atoms with van der Waals surface area (Å²) < 4.78 is 37.2. The van der Waals surface area contributed by atoms with Gasteiger partial charge in [-0.05, 0) is 55.2 Å². The van der Waals surface area contributed by atoms with Crippen LogP contribution < -0.4 is 19.1 Å². The van der Waals surface area contributed by atoms with Crippen molar-refractivity contribution in [1.82, 2.24) is 5.32 Å². The summed E-state index contributed by atoms with van der Waals surface area (Å²) in [5, 5.41) is 2.77. The molecule has 2 aromatic rings. The first kappa shape index (κ1) is 25.5. The lowest BCUT2D eigenvalue weighted by molar-refractivity contribution is -0.121. The Balaban J connectivity index is 2.02. The van der Waals surface area contributed by atoms with E-state index in [2.05, 4.69) is 26.1 Å². The van der Waals surface area contributed by atoms with Crippen LogP contribution in [0.5, 0.6) is 11.5 Å². The number of sulfonamides is 1. The summed E-state index contributed by atoms with van der Waals surface area (Å²) >= 11 is 0. The zero-order valence-corrected chi connectivity index (χ0v) is 20.5. The van der Waals surface area contributed by atoms with Gasteiger partial charge in [0, 0.05) is 0 Å². The highest BCUT2D eigenvalue weighted by Gasteiger charge is 2.29. The lowest BCUT2D eigenvalue weighted by Gasteiger charge is -2.28. The molecule has 2 rings (SSSR count). The fraction of sp³-hybridized carbons (Fsp3) is 0.458. The van der Waals surface area contributed by atoms with E-state index in [4.69, 9.17) is 9.47 Å². The van der Waals surface area contributed by atoms with Crippen molar-refractivity contribution < 1.29 is 22.7 Å². The molecular weight excluding hydrogens is 428 g/mol. The zero-order valence-electron chi connectivity index (χ0n) is 19.7. The first-order valence-electron chi connectivity index (χ1n) is 10.7. The molecule has 0 heterocycles. The summed E-state index contributed by atoms with van der Waals surface area (Å²) in [5.41, 5.74) is 1.41. The van der Waals surface area contributed by atoms with Crippen molar-refractivity contribution in [2.45, 2.75) is 46.1 Å². The van der Waals surface area contributed by atoms with Crippen molar-refractivity contribution in [2.75, 3.05) is 30.3 Å². The van der Waals surface area contributed by atoms with Gasteiger partial charge in [-0.15, -0.1) is 0 Å². The number of carbonyl (C=O) groups is 1. The topological polar surface area (TPSA) is 84.9 Å². The van der Waals surface area contributed by atoms with E-state index in [-0.39, 0.29) is 18.6 Å². The monoisotopic (exact) mass is 462 g/mol. The van der Waals surface area contributed by atoms with E-state index >= 15 is 0 Å². The van der Waals surface area contributed by atoms with Crippen LogP contribution >= 0.6 is 0 Å². The summed E-state index contributed by atoms with van der Waals surface area (Å²) in [7, 11) is -3.68. The molecule has 2 aromatic carbocycles. The Bertz CT molecular complexity index is 998. The van der Waals surface area contributed by atoms with E-state index in [0.29, 0.717) is 18.0 Å². The molecule has 7 nitrogen and oxygen atoms in total. The van der Waals surface area contributed by atoms with Crippen LogP contribution in [0.4, 0.5) is 5.69 Å². The van der Waals surface area contributed by atoms with Crippen molar-refractivity contribution in [3.63, 3.8) is 0 Å². The second-order valence-corrected chi connectivity index (χ2v) is 10.4. The van der Waals surface area contributed by atoms with Crippen molar-refractivity contribution in [3.05, 3.63) is 54.1 Å². The maximum Gasteiger partial charge on any atom is 0.243 e. The van der Waals surface area contributed by atoms with Crippen LogP contribution in [-0.4, -0.2) is 46.4 Å². The second-order valence-electron chi connectivity index (χ2n) is 8.55. The average Bonchev–Trinajstić information content (AvgIpc) is 2.71. The smallest absolute Gasteiger partial charge is 0.243 e. The quantitative estimate of drug-likeness (QED) is 0.544. The molecule has 0 bridgehead atoms. The minimum Gasteiger partial charge on any atom is -0.494 e. The van der Waals surface area contributed by atoms with Gasteiger partial charge in [0.25, 0.3) is 0 Å². The maximum atomic E-state index is 12.7. The first-order valence-corrected chi connectivity index (χ1v) is 12.5. The van der Waals surface area contributed by atoms with Crippen molar-refractivity contribution in [1.29, 1.82) is 0 Å². The Labute approximate surface area is 191 Å². The van der Waals surface area contributed by atoms with Gasteiger partial charge in [-0.3, -0.25) is 9.10 Å². The second kappa shape index (κ2) is 10.7. The molecule has 0 saturated carbocycles. The van der Waals surface area contributed by atoms with E-state index in [1.165, 1.54) is 0 Å². The molecule has 0 radical (unpaired) electrons. The fourth-order valence-corrected chi connectivity index (χ4v) is 4.53. The number of amides is 1. The molecule has 0 spiro atoms. The molecule has 0 fully saturated rings. The van der Waals surface area contributed by atoms with Gasteiger partial charge < -0.3 is 14.8 Å². The van der Waals surface area contributed by atoms with Crippen LogP contribution in [0.2, 0.25) is 0 Å². The minimum absolute atomic E-state index is 0.0674. The molecule has 1 unspecified atom stereocenters. The molecule has 8 heteroatoms. The normalized spacial score (nSPS) is 12.7. The van der Waals surface area contributed by atoms with Gasteiger partial charge >= 0.3 is 0 Å². The van der Waals surface area contributed by atoms with E-state index in [0.717, 1.165) is 21.9 Å². The van der Waals surface area contributed by atoms with Gasteiger partial charge in [-0.1, -0.05) is 39.0 Å². The molecule has 0 aliphatic carbocycles. The van der Waals surface area contributed by atoms with Crippen molar-refractivity contribution in [3.8, 4) is 11.5 Å². The largest absolute Gasteiger partial charge is 0.494 e. The average molecular weight is 463 g/mol. The Kier molecular flexibility index (Phi) is 8.55. The number of nitrogens with zero attached hydrogens (tertiary/aromatic N) is 1. The fourth-order valence-electron chi connectivity index (χ4n) is 3.36. The van der Waals surface area contributed by atoms with Gasteiger partial charge in [0.15, 0.2) is 0 Å². The van der Waals surface area contributed by atoms with E-state index < -0.39 is 22.0 Å². The van der Waals surface area contributed by atoms with Crippen LogP contribution in [0.3, 0.4) is 0 Å². The van der Waals surface area contributed by atoms with Crippen LogP contribution in [-0.2, 0) is 20.2 Å². The van der Waals surface area contributed by atoms with E-state index in [9.17, 15) is 13.2 Å². The highest BCUT2D eigenvalue weighted by molar-refractivity contribution is 7.92. The van der Waals surface area contributed by atoms with Crippen LogP contribution in [0.25, 0.3) is 0 Å². The molecule has 0 aliphatic rings. The van der Waals surface area contributed by atoms with E-state index in [1.54, 1.807) is 31.2 Å². The summed E-state index contributed by atoms with van der Waals surface area (Å²) in [6.07, 6.45) is 1.08. The number of para-hydroxylation sites is 1. The highest BCUT2D eigenvalue weighted by atomic mass is 32.2. The number of ether oxygens (including phenoxy) is 2. The van der Waals surface area contributed by atoms with Crippen molar-refractivity contribution >= 4 is 21.6 Å². The zero-order chi connectivity index (χ0) is 23.9. The third kappa shape index (κ3) is 6.88. The lowest BCUT2D eigenvalue weighted by Crippen LogP contribution is -2.48. The molecular formula is C24H34N2O5S. The highest BCUT2D eigenvalue weighted by Crippen LogP contribution is 2.30. The van der Waals surface area contributed by atoms with Crippen LogP contribution in [0.1, 0.15) is 40.2 Å². The van der Waals surface area contributed by atoms with Gasteiger partial charge in [-0.2, -0.15) is 0 Å². The molecule has 1 N–H and O–H groups in total. The lowest BCUT2D eigenvalue weighted by atomic mass is 9.86. The molecule has 32 heavy (non-hydrogen) atoms. The SMILES string of the molecule is CCOc1ccc(N(C(C)C(=O)NCCOc2ccccc2C(C)(C)C)S(C)(=O)=O)cc1. The number of rotatable bonds is 10. The van der Waals surface area contributed by atoms with E-state index in [1.807, 2.05) is 31.2 Å². The first-order chi connectivity index (χ1) is 14.9. The maximum absolute atomic E-state index is 12.7. The van der Waals surface area contributed by atoms with Crippen LogP contribution in [0, 0.1) is 0 Å². The Morgan fingerprint density at radius 3 is 2.25 bits per heavy atom. The summed E-state index contributed by atoms with van der Waals surface area (Å²) in [6.45, 7) is 10.8. The number of benzene rings is 2. The van der Waals surface area contributed by atoms with Gasteiger partial charge in [0.05, 0.1) is 25.1 Å². The van der Waals surface area contributed by atoms with Crippen LogP contribution in [0.15, 0.2) is 48.5 Å². The molecule has 0 saturated heterocycles. The predicted octanol–water partition coefficient (Wildman–Crippen LogP) is 3.73. The summed E-state index contributed by atoms with van der Waals surface area (Å²) in [6, 6.07) is 13.5. The van der Waals surface area contributed by atoms with Gasteiger partial charge in [0.1, 0.15) is 24.1 Å². The van der Waals surface area contributed by atoms with Gasteiger partial charge in [0.2, 0.25) is 15.9 Å². The Hall–Kier alpha value is -2.74. The Morgan fingerprint density at radius 2 is 1.69 bits per heavy atom. The summed E-state index contributed by atoms with van der Waals surface area (Å²) in [5.74, 6) is 1.00. The molecule has 0 aliphatic heterocycles. The third-order valence-corrected chi connectivity index (χ3v) is 6.09. The Morgan fingerprint density at radius 1 is 1.06 bits per heavy atom. The minimum atomic E-state index is -3.68. The number of hydrogen-bond acceptors (Lipinski definition) is 5. The number of hydrogen-bond donors (Lipinski definition) is 1. The predicted molar refractivity (Wildman–Crippen MR) is 128 cm³/mol.